The first-order chi connectivity index (χ1) is 12.8. The molecule has 0 N–H and O–H groups in total. The Hall–Kier alpha value is -3.16. The predicted octanol–water partition coefficient (Wildman–Crippen LogP) is 4.90. The van der Waals surface area contributed by atoms with Crippen molar-refractivity contribution in [1.29, 1.82) is 0 Å². The minimum Gasteiger partial charge on any atom is -0.320 e. The number of nitrogens with zero attached hydrogens (tertiary/aromatic N) is 4. The van der Waals surface area contributed by atoms with Crippen molar-refractivity contribution in [1.82, 2.24) is 9.38 Å². The molecule has 0 radical (unpaired) electrons. The molecule has 0 bridgehead atoms. The molecule has 1 atom stereocenters. The van der Waals surface area contributed by atoms with Crippen LogP contribution >= 0.6 is 0 Å². The Kier molecular flexibility index (Phi) is 3.98. The van der Waals surface area contributed by atoms with Crippen molar-refractivity contribution in [2.75, 3.05) is 4.90 Å². The van der Waals surface area contributed by atoms with E-state index in [2.05, 4.69) is 9.98 Å². The van der Waals surface area contributed by atoms with Crippen LogP contribution < -0.4 is 4.90 Å². The number of hydrogen-bond donors (Lipinski definition) is 0. The number of anilines is 1. The molecule has 1 aliphatic heterocycles. The fourth-order valence-electron chi connectivity index (χ4n) is 3.05. The van der Waals surface area contributed by atoms with Gasteiger partial charge in [-0.1, -0.05) is 17.7 Å². The second kappa shape index (κ2) is 6.22. The van der Waals surface area contributed by atoms with Gasteiger partial charge in [-0.05, 0) is 37.3 Å². The maximum Gasteiger partial charge on any atom is 0.435 e. The van der Waals surface area contributed by atoms with E-state index in [0.29, 0.717) is 5.69 Å². The van der Waals surface area contributed by atoms with E-state index < -0.39 is 23.9 Å². The van der Waals surface area contributed by atoms with Gasteiger partial charge in [0, 0.05) is 24.3 Å². The van der Waals surface area contributed by atoms with Gasteiger partial charge in [-0.25, -0.2) is 9.37 Å². The fourth-order valence-corrected chi connectivity index (χ4v) is 3.05. The third-order valence-electron chi connectivity index (χ3n) is 4.29. The average Bonchev–Trinajstić information content (AvgIpc) is 3.01. The number of hydrogen-bond acceptors (Lipinski definition) is 3. The molecule has 0 saturated heterocycles. The number of pyridine rings is 1. The van der Waals surface area contributed by atoms with Crippen LogP contribution in [0.5, 0.6) is 0 Å². The van der Waals surface area contributed by atoms with Gasteiger partial charge >= 0.3 is 6.18 Å². The monoisotopic (exact) mass is 374 g/mol. The molecule has 1 unspecified atom stereocenters. The molecule has 27 heavy (non-hydrogen) atoms. The summed E-state index contributed by atoms with van der Waals surface area (Å²) in [5.74, 6) is -0.660. The predicted molar refractivity (Wildman–Crippen MR) is 94.2 cm³/mol. The number of aryl methyl sites for hydroxylation is 1. The first-order valence-electron chi connectivity index (χ1n) is 8.14. The molecular formula is C19H14F4N4. The Morgan fingerprint density at radius 1 is 1.04 bits per heavy atom. The van der Waals surface area contributed by atoms with Gasteiger partial charge in [0.15, 0.2) is 11.9 Å². The SMILES string of the molecule is Cc1ccc(N2C=CC=NC2c2c(C(F)(F)F)nc3ccc(F)cn23)cc1. The van der Waals surface area contributed by atoms with Crippen molar-refractivity contribution in [3.63, 3.8) is 0 Å². The fraction of sp³-hybridized carbons (Fsp3) is 0.158. The van der Waals surface area contributed by atoms with E-state index in [4.69, 9.17) is 0 Å². The molecule has 3 heterocycles. The minimum atomic E-state index is -4.70. The number of imidazole rings is 1. The maximum atomic E-state index is 13.8. The molecule has 0 aliphatic carbocycles. The molecular weight excluding hydrogens is 360 g/mol. The molecule has 1 aliphatic rings. The average molecular weight is 374 g/mol. The van der Waals surface area contributed by atoms with E-state index in [9.17, 15) is 17.6 Å². The number of aliphatic imine (C=N–C) groups is 1. The second-order valence-corrected chi connectivity index (χ2v) is 6.18. The highest BCUT2D eigenvalue weighted by molar-refractivity contribution is 5.75. The van der Waals surface area contributed by atoms with Gasteiger partial charge in [0.25, 0.3) is 0 Å². The number of allylic oxidation sites excluding steroid dienone is 1. The lowest BCUT2D eigenvalue weighted by atomic mass is 10.1. The van der Waals surface area contributed by atoms with Gasteiger partial charge in [0.1, 0.15) is 17.2 Å². The summed E-state index contributed by atoms with van der Waals surface area (Å²) in [5, 5.41) is 0. The molecule has 0 fully saturated rings. The van der Waals surface area contributed by atoms with Gasteiger partial charge in [-0.15, -0.1) is 0 Å². The Morgan fingerprint density at radius 3 is 2.48 bits per heavy atom. The quantitative estimate of drug-likeness (QED) is 0.598. The van der Waals surface area contributed by atoms with Gasteiger partial charge in [-0.3, -0.25) is 9.39 Å². The van der Waals surface area contributed by atoms with Crippen LogP contribution in [0.4, 0.5) is 23.2 Å². The minimum absolute atomic E-state index is 0.00679. The zero-order chi connectivity index (χ0) is 19.2. The molecule has 8 heteroatoms. The zero-order valence-corrected chi connectivity index (χ0v) is 14.2. The molecule has 0 saturated carbocycles. The van der Waals surface area contributed by atoms with Crippen molar-refractivity contribution >= 4 is 17.5 Å². The van der Waals surface area contributed by atoms with Gasteiger partial charge in [0.05, 0.1) is 0 Å². The molecule has 4 rings (SSSR count). The standard InChI is InChI=1S/C19H14F4N4/c1-12-3-6-14(7-4-12)26-10-2-9-24-18(26)16-17(19(21,22)23)25-15-8-5-13(20)11-27(15)16/h2-11,18H,1H3. The molecule has 4 nitrogen and oxygen atoms in total. The highest BCUT2D eigenvalue weighted by Crippen LogP contribution is 2.39. The topological polar surface area (TPSA) is 32.9 Å². The number of benzene rings is 1. The van der Waals surface area contributed by atoms with Crippen LogP contribution in [0, 0.1) is 12.7 Å². The highest BCUT2D eigenvalue weighted by atomic mass is 19.4. The molecule has 0 amide bonds. The van der Waals surface area contributed by atoms with Crippen LogP contribution in [0.1, 0.15) is 23.1 Å². The van der Waals surface area contributed by atoms with Crippen molar-refractivity contribution in [2.24, 2.45) is 4.99 Å². The summed E-state index contributed by atoms with van der Waals surface area (Å²) in [7, 11) is 0. The Balaban J connectivity index is 1.93. The van der Waals surface area contributed by atoms with E-state index in [1.165, 1.54) is 12.3 Å². The lowest BCUT2D eigenvalue weighted by molar-refractivity contribution is -0.141. The third kappa shape index (κ3) is 3.07. The molecule has 138 valence electrons. The summed E-state index contributed by atoms with van der Waals surface area (Å²) in [5.41, 5.74) is 0.374. The summed E-state index contributed by atoms with van der Waals surface area (Å²) in [4.78, 5) is 9.53. The van der Waals surface area contributed by atoms with Crippen LogP contribution in [0.15, 0.2) is 59.9 Å². The van der Waals surface area contributed by atoms with Gasteiger partial charge < -0.3 is 4.90 Å². The maximum absolute atomic E-state index is 13.8. The van der Waals surface area contributed by atoms with E-state index >= 15 is 0 Å². The van der Waals surface area contributed by atoms with Gasteiger partial charge in [0.2, 0.25) is 0 Å². The zero-order valence-electron chi connectivity index (χ0n) is 14.2. The van der Waals surface area contributed by atoms with E-state index in [-0.39, 0.29) is 11.3 Å². The summed E-state index contributed by atoms with van der Waals surface area (Å²) < 4.78 is 55.9. The lowest BCUT2D eigenvalue weighted by Gasteiger charge is -2.30. The smallest absolute Gasteiger partial charge is 0.320 e. The largest absolute Gasteiger partial charge is 0.435 e. The number of alkyl halides is 3. The molecule has 0 spiro atoms. The van der Waals surface area contributed by atoms with Gasteiger partial charge in [-0.2, -0.15) is 13.2 Å². The number of aromatic nitrogens is 2. The normalized spacial score (nSPS) is 17.1. The van der Waals surface area contributed by atoms with Crippen molar-refractivity contribution in [2.45, 2.75) is 19.3 Å². The lowest BCUT2D eigenvalue weighted by Crippen LogP contribution is -2.27. The second-order valence-electron chi connectivity index (χ2n) is 6.18. The van der Waals surface area contributed by atoms with Crippen molar-refractivity contribution < 1.29 is 17.6 Å². The third-order valence-corrected chi connectivity index (χ3v) is 4.29. The van der Waals surface area contributed by atoms with Crippen LogP contribution in [0.3, 0.4) is 0 Å². The summed E-state index contributed by atoms with van der Waals surface area (Å²) in [6.07, 6.45) is -0.0456. The Labute approximate surface area is 152 Å². The van der Waals surface area contributed by atoms with Crippen LogP contribution in [-0.2, 0) is 6.18 Å². The van der Waals surface area contributed by atoms with Crippen LogP contribution in [-0.4, -0.2) is 15.6 Å². The molecule has 3 aromatic rings. The molecule has 2 aromatic heterocycles. The highest BCUT2D eigenvalue weighted by Gasteiger charge is 2.41. The number of fused-ring (bicyclic) bond motifs is 1. The first kappa shape index (κ1) is 17.3. The van der Waals surface area contributed by atoms with E-state index in [1.807, 2.05) is 19.1 Å². The van der Waals surface area contributed by atoms with E-state index in [0.717, 1.165) is 22.2 Å². The van der Waals surface area contributed by atoms with Crippen molar-refractivity contribution in [3.8, 4) is 0 Å². The Morgan fingerprint density at radius 2 is 1.78 bits per heavy atom. The summed E-state index contributed by atoms with van der Waals surface area (Å²) >= 11 is 0. The van der Waals surface area contributed by atoms with Crippen LogP contribution in [0.25, 0.3) is 5.65 Å². The van der Waals surface area contributed by atoms with E-state index in [1.54, 1.807) is 29.3 Å². The van der Waals surface area contributed by atoms with Crippen molar-refractivity contribution in [3.05, 3.63) is 77.6 Å². The number of halogens is 4. The summed E-state index contributed by atoms with van der Waals surface area (Å²) in [6, 6.07) is 9.60. The first-order valence-corrected chi connectivity index (χ1v) is 8.14. The molecule has 1 aromatic carbocycles. The summed E-state index contributed by atoms with van der Waals surface area (Å²) in [6.45, 7) is 1.92. The van der Waals surface area contributed by atoms with Crippen LogP contribution in [0.2, 0.25) is 0 Å². The Bertz CT molecular complexity index is 1050. The number of rotatable bonds is 2.